The summed E-state index contributed by atoms with van der Waals surface area (Å²) in [7, 11) is 0. The fourth-order valence-electron chi connectivity index (χ4n) is 2.48. The van der Waals surface area contributed by atoms with Gasteiger partial charge >= 0.3 is 0 Å². The van der Waals surface area contributed by atoms with Gasteiger partial charge in [0, 0.05) is 18.0 Å². The molecule has 0 N–H and O–H groups in total. The summed E-state index contributed by atoms with van der Waals surface area (Å²) in [6.45, 7) is 4.25. The second kappa shape index (κ2) is 4.28. The molecule has 0 saturated heterocycles. The molecule has 2 heterocycles. The van der Waals surface area contributed by atoms with E-state index in [9.17, 15) is 4.79 Å². The van der Waals surface area contributed by atoms with Crippen molar-refractivity contribution in [1.29, 1.82) is 0 Å². The second-order valence-corrected chi connectivity index (χ2v) is 4.45. The lowest BCUT2D eigenvalue weighted by atomic mass is 9.90. The van der Waals surface area contributed by atoms with E-state index in [1.165, 1.54) is 5.70 Å². The first-order valence-corrected chi connectivity index (χ1v) is 6.15. The Balaban J connectivity index is 2.26. The number of carbonyl (C=O) groups excluding carboxylic acids is 1. The fourth-order valence-corrected chi connectivity index (χ4v) is 2.48. The predicted octanol–water partition coefficient (Wildman–Crippen LogP) is 3.18. The molecule has 0 aliphatic carbocycles. The third kappa shape index (κ3) is 1.53. The molecule has 0 aromatic heterocycles. The topological polar surface area (TPSA) is 20.3 Å². The molecule has 86 valence electrons. The highest BCUT2D eigenvalue weighted by molar-refractivity contribution is 6.03. The van der Waals surface area contributed by atoms with Crippen LogP contribution in [0, 0.1) is 0 Å². The van der Waals surface area contributed by atoms with Crippen molar-refractivity contribution in [3.05, 3.63) is 36.2 Å². The van der Waals surface area contributed by atoms with Gasteiger partial charge in [-0.25, -0.2) is 0 Å². The Kier molecular flexibility index (Phi) is 2.99. The third-order valence-electron chi connectivity index (χ3n) is 3.51. The zero-order valence-corrected chi connectivity index (χ0v) is 10.1. The van der Waals surface area contributed by atoms with Crippen LogP contribution >= 0.6 is 0 Å². The maximum Gasteiger partial charge on any atom is 0.187 e. The van der Waals surface area contributed by atoms with Crippen LogP contribution in [-0.4, -0.2) is 16.2 Å². The molecular weight excluding hydrogens is 198 g/mol. The van der Waals surface area contributed by atoms with Gasteiger partial charge in [-0.3, -0.25) is 4.79 Å². The summed E-state index contributed by atoms with van der Waals surface area (Å²) in [6, 6.07) is 0. The van der Waals surface area contributed by atoms with E-state index in [0.29, 0.717) is 0 Å². The van der Waals surface area contributed by atoms with Crippen LogP contribution in [-0.2, 0) is 4.79 Å². The highest BCUT2D eigenvalue weighted by Crippen LogP contribution is 2.37. The van der Waals surface area contributed by atoms with Crippen LogP contribution in [0.15, 0.2) is 36.2 Å². The molecule has 0 aromatic carbocycles. The summed E-state index contributed by atoms with van der Waals surface area (Å²) in [5.41, 5.74) is 0.770. The Hall–Kier alpha value is -1.31. The average Bonchev–Trinajstić information content (AvgIpc) is 2.61. The van der Waals surface area contributed by atoms with Gasteiger partial charge in [0.05, 0.1) is 0 Å². The normalized spacial score (nSPS) is 27.2. The van der Waals surface area contributed by atoms with Crippen molar-refractivity contribution in [2.45, 2.75) is 45.1 Å². The zero-order chi connectivity index (χ0) is 11.6. The fraction of sp³-hybridized carbons (Fsp3) is 0.500. The number of carbonyl (C=O) groups is 1. The van der Waals surface area contributed by atoms with E-state index in [4.69, 9.17) is 0 Å². The van der Waals surface area contributed by atoms with E-state index < -0.39 is 5.54 Å². The lowest BCUT2D eigenvalue weighted by Gasteiger charge is -2.36. The number of hydrogen-bond donors (Lipinski definition) is 0. The zero-order valence-electron chi connectivity index (χ0n) is 10.1. The molecular formula is C14H19NO. The number of rotatable bonds is 4. The van der Waals surface area contributed by atoms with Crippen LogP contribution in [0.4, 0.5) is 0 Å². The van der Waals surface area contributed by atoms with Crippen LogP contribution in [0.1, 0.15) is 39.5 Å². The van der Waals surface area contributed by atoms with Gasteiger partial charge in [-0.1, -0.05) is 32.4 Å². The molecule has 0 amide bonds. The van der Waals surface area contributed by atoms with Crippen molar-refractivity contribution in [1.82, 2.24) is 4.90 Å². The van der Waals surface area contributed by atoms with Gasteiger partial charge in [0.2, 0.25) is 0 Å². The summed E-state index contributed by atoms with van der Waals surface area (Å²) in [5, 5.41) is 0. The highest BCUT2D eigenvalue weighted by Gasteiger charge is 2.44. The van der Waals surface area contributed by atoms with E-state index in [1.54, 1.807) is 0 Å². The number of ketones is 1. The molecule has 0 saturated carbocycles. The molecule has 0 bridgehead atoms. The van der Waals surface area contributed by atoms with Crippen molar-refractivity contribution in [3.63, 3.8) is 0 Å². The molecule has 0 spiro atoms. The molecule has 16 heavy (non-hydrogen) atoms. The largest absolute Gasteiger partial charge is 0.334 e. The molecule has 0 radical (unpaired) electrons. The Morgan fingerprint density at radius 3 is 2.81 bits per heavy atom. The van der Waals surface area contributed by atoms with Gasteiger partial charge in [-0.2, -0.15) is 0 Å². The van der Waals surface area contributed by atoms with Crippen LogP contribution in [0.5, 0.6) is 0 Å². The smallest absolute Gasteiger partial charge is 0.187 e. The Bertz CT molecular complexity index is 378. The van der Waals surface area contributed by atoms with Gasteiger partial charge in [-0.15, -0.1) is 0 Å². The van der Waals surface area contributed by atoms with E-state index in [2.05, 4.69) is 18.7 Å². The number of fused-ring (bicyclic) bond motifs is 1. The van der Waals surface area contributed by atoms with Crippen molar-refractivity contribution in [2.75, 3.05) is 0 Å². The van der Waals surface area contributed by atoms with E-state index in [1.807, 2.05) is 30.5 Å². The van der Waals surface area contributed by atoms with Gasteiger partial charge in [0.25, 0.3) is 0 Å². The number of hydrogen-bond acceptors (Lipinski definition) is 2. The van der Waals surface area contributed by atoms with E-state index >= 15 is 0 Å². The maximum atomic E-state index is 12.1. The lowest BCUT2D eigenvalue weighted by Crippen LogP contribution is -2.45. The minimum absolute atomic E-state index is 0.238. The Morgan fingerprint density at radius 1 is 1.31 bits per heavy atom. The second-order valence-electron chi connectivity index (χ2n) is 4.45. The van der Waals surface area contributed by atoms with Crippen molar-refractivity contribution in [3.8, 4) is 0 Å². The molecule has 0 aromatic rings. The van der Waals surface area contributed by atoms with E-state index in [0.717, 1.165) is 25.7 Å². The van der Waals surface area contributed by atoms with Gasteiger partial charge in [0.15, 0.2) is 5.78 Å². The van der Waals surface area contributed by atoms with Gasteiger partial charge in [-0.05, 0) is 25.3 Å². The van der Waals surface area contributed by atoms with E-state index in [-0.39, 0.29) is 5.78 Å². The SMILES string of the molecule is CCCCC1=CC(=O)C2(CC)C=CC=CN12. The average molecular weight is 217 g/mol. The van der Waals surface area contributed by atoms with Crippen LogP contribution in [0.3, 0.4) is 0 Å². The first kappa shape index (κ1) is 11.2. The number of allylic oxidation sites excluding steroid dienone is 3. The van der Waals surface area contributed by atoms with Crippen LogP contribution < -0.4 is 0 Å². The predicted molar refractivity (Wildman–Crippen MR) is 65.8 cm³/mol. The Morgan fingerprint density at radius 2 is 2.12 bits per heavy atom. The Labute approximate surface area is 97.3 Å². The minimum Gasteiger partial charge on any atom is -0.334 e. The van der Waals surface area contributed by atoms with Gasteiger partial charge < -0.3 is 4.90 Å². The monoisotopic (exact) mass is 217 g/mol. The summed E-state index contributed by atoms with van der Waals surface area (Å²) < 4.78 is 0. The number of unbranched alkanes of at least 4 members (excludes halogenated alkanes) is 1. The summed E-state index contributed by atoms with van der Waals surface area (Å²) in [6.07, 6.45) is 14.0. The molecule has 1 atom stereocenters. The van der Waals surface area contributed by atoms with Crippen molar-refractivity contribution in [2.24, 2.45) is 0 Å². The molecule has 2 nitrogen and oxygen atoms in total. The molecule has 0 fully saturated rings. The summed E-state index contributed by atoms with van der Waals surface area (Å²) in [4.78, 5) is 14.3. The molecule has 1 unspecified atom stereocenters. The van der Waals surface area contributed by atoms with Crippen LogP contribution in [0.25, 0.3) is 0 Å². The maximum absolute atomic E-state index is 12.1. The van der Waals surface area contributed by atoms with Crippen molar-refractivity contribution < 1.29 is 4.79 Å². The van der Waals surface area contributed by atoms with Gasteiger partial charge in [0.1, 0.15) is 5.54 Å². The first-order chi connectivity index (χ1) is 7.74. The summed E-state index contributed by atoms with van der Waals surface area (Å²) >= 11 is 0. The standard InChI is InChI=1S/C14H19NO/c1-3-5-8-12-11-13(16)14(4-2)9-6-7-10-15(12)14/h6-7,9-11H,3-5,8H2,1-2H3. The third-order valence-corrected chi connectivity index (χ3v) is 3.51. The summed E-state index contributed by atoms with van der Waals surface area (Å²) in [5.74, 6) is 0.238. The first-order valence-electron chi connectivity index (χ1n) is 6.15. The quantitative estimate of drug-likeness (QED) is 0.721. The molecule has 2 heteroatoms. The number of nitrogens with zero attached hydrogens (tertiary/aromatic N) is 1. The lowest BCUT2D eigenvalue weighted by molar-refractivity contribution is -0.120. The molecule has 2 aliphatic heterocycles. The molecule has 2 rings (SSSR count). The highest BCUT2D eigenvalue weighted by atomic mass is 16.1. The van der Waals surface area contributed by atoms with Crippen molar-refractivity contribution >= 4 is 5.78 Å². The minimum atomic E-state index is -0.405. The van der Waals surface area contributed by atoms with Crippen LogP contribution in [0.2, 0.25) is 0 Å². The molecule has 2 aliphatic rings.